The van der Waals surface area contributed by atoms with E-state index >= 15 is 0 Å². The van der Waals surface area contributed by atoms with E-state index in [1.807, 2.05) is 0 Å². The average Bonchev–Trinajstić information content (AvgIpc) is 3.86. The van der Waals surface area contributed by atoms with Gasteiger partial charge in [-0.05, 0) is 33.7 Å². The first-order valence-electron chi connectivity index (χ1n) is 23.1. The summed E-state index contributed by atoms with van der Waals surface area (Å²) in [6.07, 6.45) is 0. The summed E-state index contributed by atoms with van der Waals surface area (Å²) >= 11 is 2.49. The molecule has 68 heavy (non-hydrogen) atoms. The van der Waals surface area contributed by atoms with Gasteiger partial charge in [0.25, 0.3) is 0 Å². The molecule has 0 unspecified atom stereocenters. The molecule has 6 heteroatoms. The summed E-state index contributed by atoms with van der Waals surface area (Å²) in [5.41, 5.74) is 10.9. The predicted octanol–water partition coefficient (Wildman–Crippen LogP) is 16.4. The van der Waals surface area contributed by atoms with Crippen LogP contribution in [-0.4, -0.2) is 18.7 Å². The molecule has 0 saturated carbocycles. The number of hydrogen-bond acceptors (Lipinski definition) is 2. The number of rotatable bonds is 6. The number of para-hydroxylation sites is 3. The summed E-state index contributed by atoms with van der Waals surface area (Å²) in [5.74, 6) is 2.37. The predicted molar refractivity (Wildman–Crippen MR) is 279 cm³/mol. The normalized spacial score (nSPS) is 12.1. The zero-order valence-corrected chi connectivity index (χ0v) is 40.0. The summed E-state index contributed by atoms with van der Waals surface area (Å²) in [5, 5.41) is 10.6. The van der Waals surface area contributed by atoms with E-state index in [-0.39, 0.29) is 5.41 Å². The van der Waals surface area contributed by atoms with Gasteiger partial charge < -0.3 is 0 Å². The van der Waals surface area contributed by atoms with Crippen LogP contribution < -0.4 is 4.74 Å². The van der Waals surface area contributed by atoms with Gasteiger partial charge >= 0.3 is 284 Å². The maximum atomic E-state index is 7.10. The molecule has 13 aromatic rings. The Hall–Kier alpha value is -7.85. The molecule has 10 aromatic carbocycles. The second-order valence-corrected chi connectivity index (χ2v) is 19.8. The first-order valence-corrected chi connectivity index (χ1v) is 24.2. The fourth-order valence-electron chi connectivity index (χ4n) is 10.3. The van der Waals surface area contributed by atoms with E-state index in [2.05, 4.69) is 266 Å². The molecule has 0 fully saturated rings. The number of nitrogens with zero attached hydrogens (tertiary/aromatic N) is 4. The van der Waals surface area contributed by atoms with Crippen molar-refractivity contribution in [1.29, 1.82) is 0 Å². The van der Waals surface area contributed by atoms with Gasteiger partial charge in [-0.2, -0.15) is 0 Å². The molecule has 0 aliphatic rings. The molecule has 0 N–H and O–H groups in total. The molecule has 5 nitrogen and oxygen atoms in total. The maximum absolute atomic E-state index is 7.10. The van der Waals surface area contributed by atoms with Gasteiger partial charge in [0, 0.05) is 10.8 Å². The number of imidazole rings is 1. The standard InChI is InChI=1S/C62H44N4O.Pt/c1-62(2,3)44-20-15-21-45(36-44)64-39-65(57-27-14-13-26-56(57)64)46-34-43(40-16-5-4-6-17-40)35-48(37-46)67-47-30-32-52-51-24-11-12-25-55(51)66(58(52)38-47)61-53-31-28-41-18-7-9-22-49(41)59(53)60-50-23-10-8-19-42(50)29-33-54(60)63-61;/h4-38H,1-3H3;. The molecule has 0 aliphatic heterocycles. The van der Waals surface area contributed by atoms with Crippen LogP contribution in [0, 0.1) is 3.80 Å². The molecule has 0 saturated heterocycles. The number of ether oxygens (including phenoxy) is 1. The number of fused-ring (bicyclic) bond motifs is 11. The molecule has 0 radical (unpaired) electrons. The summed E-state index contributed by atoms with van der Waals surface area (Å²) in [4.78, 5) is 5.60. The van der Waals surface area contributed by atoms with Gasteiger partial charge in [0.15, 0.2) is 0 Å². The van der Waals surface area contributed by atoms with E-state index in [9.17, 15) is 0 Å². The second-order valence-electron chi connectivity index (χ2n) is 18.7. The molecule has 13 rings (SSSR count). The fourth-order valence-corrected chi connectivity index (χ4v) is 11.5. The zero-order chi connectivity index (χ0) is 45.7. The summed E-state index contributed by atoms with van der Waals surface area (Å²) in [6.45, 7) is 6.81. The molecule has 3 aromatic heterocycles. The Morgan fingerprint density at radius 1 is 0.412 bits per heavy atom. The Bertz CT molecular complexity index is 4250. The molecule has 0 atom stereocenters. The van der Waals surface area contributed by atoms with Gasteiger partial charge in [0.05, 0.1) is 5.52 Å². The monoisotopic (exact) mass is 1060 g/mol. The van der Waals surface area contributed by atoms with Crippen LogP contribution in [-0.2, 0) is 24.8 Å². The number of pyridine rings is 1. The second kappa shape index (κ2) is 15.6. The molecule has 0 spiro atoms. The van der Waals surface area contributed by atoms with Crippen LogP contribution in [0.15, 0.2) is 212 Å². The van der Waals surface area contributed by atoms with Crippen LogP contribution in [0.1, 0.15) is 26.3 Å². The van der Waals surface area contributed by atoms with E-state index < -0.39 is 0 Å². The van der Waals surface area contributed by atoms with Gasteiger partial charge in [0.2, 0.25) is 0 Å². The van der Waals surface area contributed by atoms with E-state index in [1.54, 1.807) is 0 Å². The van der Waals surface area contributed by atoms with Crippen LogP contribution in [0.5, 0.6) is 11.5 Å². The van der Waals surface area contributed by atoms with Crippen molar-refractivity contribution in [3.05, 3.63) is 222 Å². The zero-order valence-electron chi connectivity index (χ0n) is 37.7. The van der Waals surface area contributed by atoms with E-state index in [1.165, 1.54) is 37.9 Å². The number of benzene rings is 10. The third-order valence-corrected chi connectivity index (χ3v) is 14.6. The molecule has 328 valence electrons. The van der Waals surface area contributed by atoms with Crippen molar-refractivity contribution in [3.63, 3.8) is 0 Å². The van der Waals surface area contributed by atoms with Crippen LogP contribution >= 0.6 is 0 Å². The first kappa shape index (κ1) is 40.4. The summed E-state index contributed by atoms with van der Waals surface area (Å²) in [6, 6.07) is 76.2. The first-order chi connectivity index (χ1) is 33.3. The third-order valence-electron chi connectivity index (χ3n) is 13.6. The van der Waals surface area contributed by atoms with Crippen molar-refractivity contribution in [1.82, 2.24) is 18.7 Å². The van der Waals surface area contributed by atoms with Gasteiger partial charge in [-0.15, -0.1) is 0 Å². The quantitative estimate of drug-likeness (QED) is 0.156. The van der Waals surface area contributed by atoms with E-state index in [0.29, 0.717) is 0 Å². The topological polar surface area (TPSA) is 36.9 Å². The van der Waals surface area contributed by atoms with Crippen LogP contribution in [0.2, 0.25) is 0 Å². The number of hydrogen-bond donors (Lipinski definition) is 0. The van der Waals surface area contributed by atoms with Crippen molar-refractivity contribution in [2.75, 3.05) is 0 Å². The minimum absolute atomic E-state index is 0.0121. The van der Waals surface area contributed by atoms with Gasteiger partial charge in [-0.3, -0.25) is 0 Å². The summed E-state index contributed by atoms with van der Waals surface area (Å²) in [7, 11) is 0. The van der Waals surface area contributed by atoms with Gasteiger partial charge in [-0.25, -0.2) is 0 Å². The van der Waals surface area contributed by atoms with Crippen molar-refractivity contribution in [2.45, 2.75) is 26.2 Å². The molecule has 0 aliphatic carbocycles. The third kappa shape index (κ3) is 6.48. The molecule has 0 bridgehead atoms. The van der Waals surface area contributed by atoms with Gasteiger partial charge in [0.1, 0.15) is 0 Å². The molecule has 3 heterocycles. The van der Waals surface area contributed by atoms with Crippen LogP contribution in [0.25, 0.3) is 104 Å². The Morgan fingerprint density at radius 3 is 1.78 bits per heavy atom. The van der Waals surface area contributed by atoms with Crippen molar-refractivity contribution >= 4 is 76.1 Å². The fraction of sp³-hybridized carbons (Fsp3) is 0.0645. The Kier molecular flexibility index (Phi) is 9.29. The van der Waals surface area contributed by atoms with E-state index in [4.69, 9.17) is 9.72 Å². The van der Waals surface area contributed by atoms with E-state index in [0.717, 1.165) is 87.4 Å². The van der Waals surface area contributed by atoms with Crippen molar-refractivity contribution in [3.8, 4) is 39.8 Å². The molecular weight excluding hydrogens is 1010 g/mol. The molecular formula is C62H44N4OPt. The molecule has 0 amide bonds. The van der Waals surface area contributed by atoms with Crippen molar-refractivity contribution in [2.24, 2.45) is 0 Å². The Morgan fingerprint density at radius 2 is 1.03 bits per heavy atom. The Labute approximate surface area is 404 Å². The van der Waals surface area contributed by atoms with Crippen molar-refractivity contribution < 1.29 is 24.1 Å². The number of aromatic nitrogens is 4. The van der Waals surface area contributed by atoms with Gasteiger partial charge in [-0.1, -0.05) is 72.8 Å². The SMILES string of the molecule is CC(C)(C)c1cccc(-n2[c](=[Pt])n(-c3cc(Oc4ccc5c6ccccc6n(-c6nc7ccc8ccccc8c7c7c6ccc6ccccc67)c5c4)cc(-c4ccccc4)c3)c3ccccc32)c1. The van der Waals surface area contributed by atoms with Crippen LogP contribution in [0.3, 0.4) is 0 Å². The average molecular weight is 1060 g/mol. The minimum atomic E-state index is 0.0121. The summed E-state index contributed by atoms with van der Waals surface area (Å²) < 4.78 is 15.2. The van der Waals surface area contributed by atoms with Crippen LogP contribution in [0.4, 0.5) is 0 Å². The Balaban J connectivity index is 1.02.